The van der Waals surface area contributed by atoms with Gasteiger partial charge in [-0.3, -0.25) is 9.67 Å². The van der Waals surface area contributed by atoms with Crippen LogP contribution in [0.2, 0.25) is 0 Å². The number of hydrogen-bond acceptors (Lipinski definition) is 5. The smallest absolute Gasteiger partial charge is 0.177 e. The van der Waals surface area contributed by atoms with Crippen LogP contribution in [-0.4, -0.2) is 34.6 Å². The second-order valence-corrected chi connectivity index (χ2v) is 7.00. The number of halogens is 1. The van der Waals surface area contributed by atoms with Crippen molar-refractivity contribution in [2.24, 2.45) is 7.05 Å². The third kappa shape index (κ3) is 3.12. The number of aryl methyl sites for hydroxylation is 2. The van der Waals surface area contributed by atoms with Gasteiger partial charge in [0.25, 0.3) is 0 Å². The average Bonchev–Trinajstić information content (AvgIpc) is 3.34. The van der Waals surface area contributed by atoms with E-state index in [-0.39, 0.29) is 5.82 Å². The summed E-state index contributed by atoms with van der Waals surface area (Å²) in [5.74, 6) is 0.285. The van der Waals surface area contributed by atoms with Crippen molar-refractivity contribution in [2.45, 2.75) is 19.8 Å². The molecule has 7 nitrogen and oxygen atoms in total. The van der Waals surface area contributed by atoms with Crippen molar-refractivity contribution >= 4 is 16.6 Å². The second kappa shape index (κ2) is 6.73. The minimum atomic E-state index is -0.317. The minimum Gasteiger partial charge on any atom is -0.275 e. The van der Waals surface area contributed by atoms with Gasteiger partial charge in [0.1, 0.15) is 5.82 Å². The van der Waals surface area contributed by atoms with Crippen molar-refractivity contribution in [3.05, 3.63) is 71.8 Å². The highest BCUT2D eigenvalue weighted by Crippen LogP contribution is 2.25. The van der Waals surface area contributed by atoms with Crippen LogP contribution in [0, 0.1) is 5.82 Å². The van der Waals surface area contributed by atoms with Crippen LogP contribution in [0.25, 0.3) is 27.7 Å². The van der Waals surface area contributed by atoms with Crippen LogP contribution in [-0.2, 0) is 19.9 Å². The van der Waals surface area contributed by atoms with Crippen LogP contribution in [0.15, 0.2) is 48.9 Å². The van der Waals surface area contributed by atoms with Crippen molar-refractivity contribution in [2.75, 3.05) is 0 Å². The van der Waals surface area contributed by atoms with E-state index in [0.29, 0.717) is 29.0 Å². The van der Waals surface area contributed by atoms with Crippen molar-refractivity contribution in [1.29, 1.82) is 0 Å². The molecule has 0 N–H and O–H groups in total. The van der Waals surface area contributed by atoms with Gasteiger partial charge in [-0.25, -0.2) is 4.39 Å². The summed E-state index contributed by atoms with van der Waals surface area (Å²) in [6.07, 6.45) is 6.54. The fourth-order valence-corrected chi connectivity index (χ4v) is 3.40. The topological polar surface area (TPSA) is 73.8 Å². The van der Waals surface area contributed by atoms with E-state index in [1.165, 1.54) is 6.07 Å². The molecule has 0 amide bonds. The molecule has 4 aromatic heterocycles. The fraction of sp³-hybridized carbons (Fsp3) is 0.190. The maximum Gasteiger partial charge on any atom is 0.177 e. The quantitative estimate of drug-likeness (QED) is 0.473. The van der Waals surface area contributed by atoms with Crippen molar-refractivity contribution in [1.82, 2.24) is 34.6 Å². The lowest BCUT2D eigenvalue weighted by Gasteiger charge is -2.07. The Hall–Kier alpha value is -3.68. The zero-order valence-corrected chi connectivity index (χ0v) is 16.0. The molecular weight excluding hydrogens is 369 g/mol. The summed E-state index contributed by atoms with van der Waals surface area (Å²) >= 11 is 0. The van der Waals surface area contributed by atoms with E-state index < -0.39 is 0 Å². The van der Waals surface area contributed by atoms with Gasteiger partial charge in [-0.15, -0.1) is 10.2 Å². The molecule has 0 fully saturated rings. The van der Waals surface area contributed by atoms with E-state index in [4.69, 9.17) is 0 Å². The van der Waals surface area contributed by atoms with E-state index in [1.807, 2.05) is 44.4 Å². The number of hydrogen-bond donors (Lipinski definition) is 0. The Kier molecular flexibility index (Phi) is 4.04. The third-order valence-corrected chi connectivity index (χ3v) is 4.98. The number of rotatable bonds is 4. The highest BCUT2D eigenvalue weighted by atomic mass is 19.1. The average molecular weight is 387 g/mol. The summed E-state index contributed by atoms with van der Waals surface area (Å²) in [4.78, 5) is 4.42. The Labute approximate surface area is 165 Å². The van der Waals surface area contributed by atoms with Crippen LogP contribution >= 0.6 is 0 Å². The molecule has 0 aliphatic rings. The van der Waals surface area contributed by atoms with E-state index in [2.05, 4.69) is 25.4 Å². The normalized spacial score (nSPS) is 11.6. The van der Waals surface area contributed by atoms with Gasteiger partial charge < -0.3 is 0 Å². The van der Waals surface area contributed by atoms with E-state index in [1.54, 1.807) is 21.6 Å². The summed E-state index contributed by atoms with van der Waals surface area (Å²) in [6.45, 7) is 2.04. The lowest BCUT2D eigenvalue weighted by atomic mass is 10.0. The molecule has 1 aromatic carbocycles. The molecule has 0 atom stereocenters. The number of benzene rings is 1. The summed E-state index contributed by atoms with van der Waals surface area (Å²) in [5, 5.41) is 18.0. The van der Waals surface area contributed by atoms with Gasteiger partial charge in [-0.1, -0.05) is 6.92 Å². The first-order valence-electron chi connectivity index (χ1n) is 9.38. The third-order valence-electron chi connectivity index (χ3n) is 4.98. The summed E-state index contributed by atoms with van der Waals surface area (Å²) in [7, 11) is 1.87. The maximum absolute atomic E-state index is 14.8. The molecule has 8 heteroatoms. The standard InChI is InChI=1S/C21H18FN7/c1-3-17-4-5-20-25-26-21(29(20)27-17)8-13-6-14-7-15(16-11-24-28(2)12-16)10-23-19(14)9-18(13)22/h4-7,9-12H,3,8H2,1-2H3. The molecule has 0 saturated carbocycles. The predicted octanol–water partition coefficient (Wildman–Crippen LogP) is 3.37. The molecule has 5 aromatic rings. The van der Waals surface area contributed by atoms with Gasteiger partial charge in [0.05, 0.1) is 17.4 Å². The Morgan fingerprint density at radius 1 is 1.03 bits per heavy atom. The van der Waals surface area contributed by atoms with Crippen molar-refractivity contribution < 1.29 is 4.39 Å². The number of pyridine rings is 1. The van der Waals surface area contributed by atoms with Crippen LogP contribution < -0.4 is 0 Å². The van der Waals surface area contributed by atoms with Crippen molar-refractivity contribution in [3.8, 4) is 11.1 Å². The monoisotopic (exact) mass is 387 g/mol. The van der Waals surface area contributed by atoms with Crippen LogP contribution in [0.5, 0.6) is 0 Å². The van der Waals surface area contributed by atoms with Crippen molar-refractivity contribution in [3.63, 3.8) is 0 Å². The Balaban J connectivity index is 1.57. The number of aromatic nitrogens is 7. The molecule has 5 rings (SSSR count). The number of nitrogens with zero attached hydrogens (tertiary/aromatic N) is 7. The molecule has 0 radical (unpaired) electrons. The van der Waals surface area contributed by atoms with E-state index >= 15 is 0 Å². The highest BCUT2D eigenvalue weighted by molar-refractivity contribution is 5.84. The van der Waals surface area contributed by atoms with Crippen LogP contribution in [0.1, 0.15) is 24.0 Å². The van der Waals surface area contributed by atoms with E-state index in [0.717, 1.165) is 28.6 Å². The zero-order valence-electron chi connectivity index (χ0n) is 16.0. The van der Waals surface area contributed by atoms with Gasteiger partial charge in [0.2, 0.25) is 0 Å². The lowest BCUT2D eigenvalue weighted by Crippen LogP contribution is -2.04. The van der Waals surface area contributed by atoms with Gasteiger partial charge in [0.15, 0.2) is 11.5 Å². The molecular formula is C21H18FN7. The van der Waals surface area contributed by atoms with Gasteiger partial charge >= 0.3 is 0 Å². The summed E-state index contributed by atoms with van der Waals surface area (Å²) < 4.78 is 18.2. The molecule has 0 aliphatic heterocycles. The predicted molar refractivity (Wildman–Crippen MR) is 107 cm³/mol. The van der Waals surface area contributed by atoms with Gasteiger partial charge in [-0.05, 0) is 36.2 Å². The Morgan fingerprint density at radius 2 is 1.93 bits per heavy atom. The number of fused-ring (bicyclic) bond motifs is 2. The van der Waals surface area contributed by atoms with Gasteiger partial charge in [0, 0.05) is 48.4 Å². The van der Waals surface area contributed by atoms with Crippen LogP contribution in [0.3, 0.4) is 0 Å². The second-order valence-electron chi connectivity index (χ2n) is 7.00. The Morgan fingerprint density at radius 3 is 2.72 bits per heavy atom. The molecule has 144 valence electrons. The Bertz CT molecular complexity index is 1350. The largest absolute Gasteiger partial charge is 0.275 e. The molecule has 4 heterocycles. The lowest BCUT2D eigenvalue weighted by molar-refractivity contribution is 0.612. The molecule has 0 aliphatic carbocycles. The van der Waals surface area contributed by atoms with Gasteiger partial charge in [-0.2, -0.15) is 14.7 Å². The SMILES string of the molecule is CCc1ccc2nnc(Cc3cc4cc(-c5cnn(C)c5)cnc4cc3F)n2n1. The molecule has 0 bridgehead atoms. The first-order chi connectivity index (χ1) is 14.1. The van der Waals surface area contributed by atoms with Crippen LogP contribution in [0.4, 0.5) is 4.39 Å². The first kappa shape index (κ1) is 17.4. The maximum atomic E-state index is 14.8. The minimum absolute atomic E-state index is 0.292. The highest BCUT2D eigenvalue weighted by Gasteiger charge is 2.13. The molecule has 0 saturated heterocycles. The summed E-state index contributed by atoms with van der Waals surface area (Å²) in [6, 6.07) is 9.09. The fourth-order valence-electron chi connectivity index (χ4n) is 3.40. The molecule has 0 unspecified atom stereocenters. The molecule has 29 heavy (non-hydrogen) atoms. The zero-order chi connectivity index (χ0) is 20.0. The summed E-state index contributed by atoms with van der Waals surface area (Å²) in [5.41, 5.74) is 4.62. The first-order valence-corrected chi connectivity index (χ1v) is 9.38. The van der Waals surface area contributed by atoms with E-state index in [9.17, 15) is 4.39 Å². The molecule has 0 spiro atoms.